The summed E-state index contributed by atoms with van der Waals surface area (Å²) >= 11 is 0. The average Bonchev–Trinajstić information content (AvgIpc) is 3.20. The van der Waals surface area contributed by atoms with Gasteiger partial charge in [-0.2, -0.15) is 4.98 Å². The summed E-state index contributed by atoms with van der Waals surface area (Å²) in [5.41, 5.74) is 1.89. The fourth-order valence-electron chi connectivity index (χ4n) is 2.53. The molecule has 1 amide bonds. The van der Waals surface area contributed by atoms with Crippen LogP contribution in [0.15, 0.2) is 40.9 Å². The first-order valence-corrected chi connectivity index (χ1v) is 7.99. The quantitative estimate of drug-likeness (QED) is 0.855. The van der Waals surface area contributed by atoms with Gasteiger partial charge in [0.05, 0.1) is 6.42 Å². The summed E-state index contributed by atoms with van der Waals surface area (Å²) in [5, 5.41) is 6.93. The van der Waals surface area contributed by atoms with E-state index in [2.05, 4.69) is 27.6 Å². The number of benzene rings is 1. The first-order valence-electron chi connectivity index (χ1n) is 7.99. The number of carbonyl (C=O) groups excluding carboxylic acids is 1. The molecule has 5 nitrogen and oxygen atoms in total. The molecule has 0 saturated heterocycles. The highest BCUT2D eigenvalue weighted by Crippen LogP contribution is 2.20. The number of allylic oxidation sites excluding steroid dienone is 2. The first-order chi connectivity index (χ1) is 11.1. The Balaban J connectivity index is 1.59. The van der Waals surface area contributed by atoms with Crippen molar-refractivity contribution in [2.75, 3.05) is 5.32 Å². The SMILES string of the molecule is CC(C)c1noc(Cc2ccc(NC(=O)C3CC=CC3)cc2)n1. The zero-order chi connectivity index (χ0) is 16.2. The Bertz CT molecular complexity index is 693. The summed E-state index contributed by atoms with van der Waals surface area (Å²) < 4.78 is 5.25. The minimum Gasteiger partial charge on any atom is -0.339 e. The number of carbonyl (C=O) groups is 1. The molecule has 0 unspecified atom stereocenters. The lowest BCUT2D eigenvalue weighted by molar-refractivity contribution is -0.119. The van der Waals surface area contributed by atoms with Crippen LogP contribution < -0.4 is 5.32 Å². The highest BCUT2D eigenvalue weighted by molar-refractivity contribution is 5.93. The molecule has 1 aromatic carbocycles. The number of anilines is 1. The summed E-state index contributed by atoms with van der Waals surface area (Å²) in [4.78, 5) is 16.4. The monoisotopic (exact) mass is 311 g/mol. The average molecular weight is 311 g/mol. The summed E-state index contributed by atoms with van der Waals surface area (Å²) in [7, 11) is 0. The van der Waals surface area contributed by atoms with Gasteiger partial charge in [-0.3, -0.25) is 4.79 Å². The molecular formula is C18H21N3O2. The van der Waals surface area contributed by atoms with Crippen molar-refractivity contribution in [3.63, 3.8) is 0 Å². The molecule has 1 aliphatic carbocycles. The van der Waals surface area contributed by atoms with Crippen molar-refractivity contribution < 1.29 is 9.32 Å². The van der Waals surface area contributed by atoms with Gasteiger partial charge in [0.25, 0.3) is 0 Å². The summed E-state index contributed by atoms with van der Waals surface area (Å²) in [6, 6.07) is 7.77. The molecule has 0 saturated carbocycles. The van der Waals surface area contributed by atoms with Crippen molar-refractivity contribution in [2.24, 2.45) is 5.92 Å². The fourth-order valence-corrected chi connectivity index (χ4v) is 2.53. The number of amides is 1. The van der Waals surface area contributed by atoms with Crippen molar-refractivity contribution in [1.82, 2.24) is 10.1 Å². The van der Waals surface area contributed by atoms with Gasteiger partial charge in [-0.15, -0.1) is 0 Å². The maximum Gasteiger partial charge on any atom is 0.231 e. The normalized spacial score (nSPS) is 14.6. The maximum absolute atomic E-state index is 12.1. The summed E-state index contributed by atoms with van der Waals surface area (Å²) in [5.74, 6) is 1.76. The van der Waals surface area contributed by atoms with Crippen LogP contribution in [0.2, 0.25) is 0 Å². The number of hydrogen-bond donors (Lipinski definition) is 1. The van der Waals surface area contributed by atoms with Gasteiger partial charge < -0.3 is 9.84 Å². The Morgan fingerprint density at radius 1 is 1.26 bits per heavy atom. The minimum absolute atomic E-state index is 0.0718. The Hall–Kier alpha value is -2.43. The van der Waals surface area contributed by atoms with Crippen molar-refractivity contribution in [3.05, 3.63) is 53.7 Å². The molecule has 1 heterocycles. The van der Waals surface area contributed by atoms with Crippen LogP contribution >= 0.6 is 0 Å². The molecule has 0 spiro atoms. The van der Waals surface area contributed by atoms with E-state index >= 15 is 0 Å². The molecule has 0 bridgehead atoms. The molecule has 0 aliphatic heterocycles. The molecule has 1 aromatic heterocycles. The fraction of sp³-hybridized carbons (Fsp3) is 0.389. The zero-order valence-electron chi connectivity index (χ0n) is 13.5. The van der Waals surface area contributed by atoms with E-state index in [0.29, 0.717) is 12.3 Å². The first kappa shape index (κ1) is 15.5. The predicted molar refractivity (Wildman–Crippen MR) is 88.1 cm³/mol. The molecule has 2 aromatic rings. The maximum atomic E-state index is 12.1. The van der Waals surface area contributed by atoms with Crippen LogP contribution in [0.3, 0.4) is 0 Å². The van der Waals surface area contributed by atoms with Gasteiger partial charge in [0.2, 0.25) is 11.8 Å². The van der Waals surface area contributed by atoms with Crippen LogP contribution in [0.4, 0.5) is 5.69 Å². The highest BCUT2D eigenvalue weighted by atomic mass is 16.5. The van der Waals surface area contributed by atoms with Crippen molar-refractivity contribution in [2.45, 2.75) is 39.0 Å². The second-order valence-electron chi connectivity index (χ2n) is 6.20. The minimum atomic E-state index is 0.0718. The number of nitrogens with zero attached hydrogens (tertiary/aromatic N) is 2. The highest BCUT2D eigenvalue weighted by Gasteiger charge is 2.19. The standard InChI is InChI=1S/C18H21N3O2/c1-12(2)17-20-16(23-21-17)11-13-7-9-15(10-8-13)19-18(22)14-5-3-4-6-14/h3-4,7-10,12,14H,5-6,11H2,1-2H3,(H,19,22). The largest absolute Gasteiger partial charge is 0.339 e. The Labute approximate surface area is 135 Å². The third-order valence-corrected chi connectivity index (χ3v) is 3.96. The van der Waals surface area contributed by atoms with Gasteiger partial charge >= 0.3 is 0 Å². The molecule has 0 atom stereocenters. The molecule has 3 rings (SSSR count). The number of nitrogens with one attached hydrogen (secondary N) is 1. The van der Waals surface area contributed by atoms with Crippen LogP contribution in [0.25, 0.3) is 0 Å². The van der Waals surface area contributed by atoms with E-state index in [0.717, 1.165) is 29.9 Å². The van der Waals surface area contributed by atoms with E-state index in [1.165, 1.54) is 0 Å². The van der Waals surface area contributed by atoms with Crippen LogP contribution in [0, 0.1) is 5.92 Å². The summed E-state index contributed by atoms with van der Waals surface area (Å²) in [6.45, 7) is 4.07. The summed E-state index contributed by atoms with van der Waals surface area (Å²) in [6.07, 6.45) is 6.38. The Morgan fingerprint density at radius 2 is 1.96 bits per heavy atom. The van der Waals surface area contributed by atoms with Gasteiger partial charge in [0, 0.05) is 17.5 Å². The van der Waals surface area contributed by atoms with Gasteiger partial charge in [-0.05, 0) is 30.5 Å². The topological polar surface area (TPSA) is 68.0 Å². The van der Waals surface area contributed by atoms with E-state index < -0.39 is 0 Å². The number of rotatable bonds is 5. The molecule has 0 radical (unpaired) electrons. The Morgan fingerprint density at radius 3 is 2.57 bits per heavy atom. The zero-order valence-corrected chi connectivity index (χ0v) is 13.5. The molecular weight excluding hydrogens is 290 g/mol. The Kier molecular flexibility index (Phi) is 4.55. The molecule has 5 heteroatoms. The third-order valence-electron chi connectivity index (χ3n) is 3.96. The van der Waals surface area contributed by atoms with Crippen LogP contribution in [-0.4, -0.2) is 16.0 Å². The molecule has 120 valence electrons. The second kappa shape index (κ2) is 6.77. The van der Waals surface area contributed by atoms with Crippen LogP contribution in [-0.2, 0) is 11.2 Å². The van der Waals surface area contributed by atoms with E-state index in [9.17, 15) is 4.79 Å². The van der Waals surface area contributed by atoms with Crippen molar-refractivity contribution in [3.8, 4) is 0 Å². The number of hydrogen-bond acceptors (Lipinski definition) is 4. The van der Waals surface area contributed by atoms with Crippen LogP contribution in [0.1, 0.15) is 49.9 Å². The van der Waals surface area contributed by atoms with Crippen molar-refractivity contribution >= 4 is 11.6 Å². The van der Waals surface area contributed by atoms with E-state index in [4.69, 9.17) is 4.52 Å². The predicted octanol–water partition coefficient (Wildman–Crippen LogP) is 3.69. The smallest absolute Gasteiger partial charge is 0.231 e. The second-order valence-corrected chi connectivity index (χ2v) is 6.20. The van der Waals surface area contributed by atoms with Crippen molar-refractivity contribution in [1.29, 1.82) is 0 Å². The number of aromatic nitrogens is 2. The van der Waals surface area contributed by atoms with E-state index in [-0.39, 0.29) is 17.7 Å². The lowest BCUT2D eigenvalue weighted by Crippen LogP contribution is -2.20. The van der Waals surface area contributed by atoms with E-state index in [1.54, 1.807) is 0 Å². The molecule has 1 N–H and O–H groups in total. The molecule has 0 fully saturated rings. The third kappa shape index (κ3) is 3.86. The van der Waals surface area contributed by atoms with Gasteiger partial charge in [-0.25, -0.2) is 0 Å². The molecule has 1 aliphatic rings. The molecule has 23 heavy (non-hydrogen) atoms. The lowest BCUT2D eigenvalue weighted by atomic mass is 10.1. The van der Waals surface area contributed by atoms with Gasteiger partial charge in [0.15, 0.2) is 5.82 Å². The lowest BCUT2D eigenvalue weighted by Gasteiger charge is -2.10. The van der Waals surface area contributed by atoms with E-state index in [1.807, 2.05) is 38.1 Å². The van der Waals surface area contributed by atoms with Crippen LogP contribution in [0.5, 0.6) is 0 Å². The van der Waals surface area contributed by atoms with Gasteiger partial charge in [-0.1, -0.05) is 43.3 Å². The van der Waals surface area contributed by atoms with Gasteiger partial charge in [0.1, 0.15) is 0 Å².